The van der Waals surface area contributed by atoms with E-state index in [1.54, 1.807) is 19.3 Å². The molecule has 0 amide bonds. The lowest BCUT2D eigenvalue weighted by Gasteiger charge is -2.31. The molecule has 4 saturated carbocycles. The zero-order valence-electron chi connectivity index (χ0n) is 5.35. The Morgan fingerprint density at radius 1 is 1.50 bits per heavy atom. The van der Waals surface area contributed by atoms with Crippen molar-refractivity contribution in [3.05, 3.63) is 0 Å². The number of hydrogen-bond acceptors (Lipinski definition) is 0. The van der Waals surface area contributed by atoms with Gasteiger partial charge in [-0.2, -0.15) is 0 Å². The van der Waals surface area contributed by atoms with Crippen LogP contribution in [0.4, 0.5) is 0 Å². The van der Waals surface area contributed by atoms with Gasteiger partial charge < -0.3 is 0 Å². The first-order chi connectivity index (χ1) is 3.84. The summed E-state index contributed by atoms with van der Waals surface area (Å²) in [4.78, 5) is 0. The number of rotatable bonds is 0. The van der Waals surface area contributed by atoms with Crippen molar-refractivity contribution >= 4 is 0 Å². The second-order valence-corrected chi connectivity index (χ2v) is 4.03. The number of fused-ring (bicyclic) bond motifs is 1. The van der Waals surface area contributed by atoms with Crippen LogP contribution in [-0.4, -0.2) is 0 Å². The second kappa shape index (κ2) is 0.778. The molecule has 0 radical (unpaired) electrons. The van der Waals surface area contributed by atoms with Crippen LogP contribution in [0.25, 0.3) is 0 Å². The molecule has 0 N–H and O–H groups in total. The third-order valence-corrected chi connectivity index (χ3v) is 4.19. The normalized spacial score (nSPS) is 73.9. The number of hydrogen-bond donors (Lipinski definition) is 0. The van der Waals surface area contributed by atoms with E-state index in [1.165, 1.54) is 11.8 Å². The maximum Gasteiger partial charge on any atom is -0.0235 e. The molecule has 4 aliphatic carbocycles. The Bertz CT molecular complexity index is 150. The van der Waals surface area contributed by atoms with Crippen molar-refractivity contribution in [2.24, 2.45) is 23.2 Å². The lowest BCUT2D eigenvalue weighted by atomic mass is 9.74. The maximum atomic E-state index is 2.46. The molecule has 0 heteroatoms. The van der Waals surface area contributed by atoms with E-state index < -0.39 is 0 Å². The zero-order valence-corrected chi connectivity index (χ0v) is 5.35. The lowest BCUT2D eigenvalue weighted by Crippen LogP contribution is -2.26. The van der Waals surface area contributed by atoms with E-state index in [0.717, 1.165) is 11.3 Å². The van der Waals surface area contributed by atoms with E-state index in [9.17, 15) is 0 Å². The van der Waals surface area contributed by atoms with E-state index in [1.807, 2.05) is 0 Å². The fourth-order valence-electron chi connectivity index (χ4n) is 3.51. The third-order valence-electron chi connectivity index (χ3n) is 4.19. The van der Waals surface area contributed by atoms with Crippen molar-refractivity contribution in [1.29, 1.82) is 0 Å². The van der Waals surface area contributed by atoms with Gasteiger partial charge in [0, 0.05) is 0 Å². The molecule has 0 saturated heterocycles. The summed E-state index contributed by atoms with van der Waals surface area (Å²) in [6, 6.07) is 0. The topological polar surface area (TPSA) is 0 Å². The Hall–Kier alpha value is 0. The molecule has 0 nitrogen and oxygen atoms in total. The van der Waals surface area contributed by atoms with Crippen LogP contribution in [0.3, 0.4) is 0 Å². The molecule has 4 fully saturated rings. The molecular formula is C8H12. The van der Waals surface area contributed by atoms with Crippen LogP contribution in [0, 0.1) is 23.2 Å². The fraction of sp³-hybridized carbons (Fsp3) is 1.00. The molecule has 8 heavy (non-hydrogen) atoms. The summed E-state index contributed by atoms with van der Waals surface area (Å²) in [5.74, 6) is 3.56. The highest BCUT2D eigenvalue weighted by Crippen LogP contribution is 2.82. The lowest BCUT2D eigenvalue weighted by molar-refractivity contribution is 0.164. The van der Waals surface area contributed by atoms with Crippen molar-refractivity contribution in [2.45, 2.75) is 26.2 Å². The summed E-state index contributed by atoms with van der Waals surface area (Å²) < 4.78 is 0. The van der Waals surface area contributed by atoms with Gasteiger partial charge in [-0.3, -0.25) is 0 Å². The van der Waals surface area contributed by atoms with Gasteiger partial charge in [-0.25, -0.2) is 0 Å². The molecule has 2 bridgehead atoms. The van der Waals surface area contributed by atoms with E-state index in [0.29, 0.717) is 0 Å². The van der Waals surface area contributed by atoms with Crippen LogP contribution in [0.1, 0.15) is 26.2 Å². The van der Waals surface area contributed by atoms with Crippen molar-refractivity contribution in [3.63, 3.8) is 0 Å². The van der Waals surface area contributed by atoms with Crippen LogP contribution < -0.4 is 0 Å². The Balaban J connectivity index is 2.10. The SMILES string of the molecule is CC1C2CCC13CC23. The van der Waals surface area contributed by atoms with E-state index in [2.05, 4.69) is 6.92 Å². The van der Waals surface area contributed by atoms with Crippen molar-refractivity contribution < 1.29 is 0 Å². The van der Waals surface area contributed by atoms with Gasteiger partial charge in [-0.05, 0) is 42.4 Å². The van der Waals surface area contributed by atoms with Crippen molar-refractivity contribution in [3.8, 4) is 0 Å². The Morgan fingerprint density at radius 2 is 2.38 bits per heavy atom. The van der Waals surface area contributed by atoms with Gasteiger partial charge in [0.2, 0.25) is 0 Å². The molecule has 4 rings (SSSR count). The van der Waals surface area contributed by atoms with Crippen molar-refractivity contribution in [1.82, 2.24) is 0 Å². The first kappa shape index (κ1) is 3.92. The van der Waals surface area contributed by atoms with E-state index in [-0.39, 0.29) is 0 Å². The maximum absolute atomic E-state index is 2.46. The standard InChI is InChI=1S/C8H12/c1-5-6-2-3-8(5)4-7(6)8/h5-7H,2-4H2,1H3. The van der Waals surface area contributed by atoms with Crippen LogP contribution in [0.2, 0.25) is 0 Å². The largest absolute Gasteiger partial charge is 0.0617 e. The predicted octanol–water partition coefficient (Wildman–Crippen LogP) is 2.05. The minimum Gasteiger partial charge on any atom is -0.0617 e. The van der Waals surface area contributed by atoms with Gasteiger partial charge in [-0.15, -0.1) is 0 Å². The summed E-state index contributed by atoms with van der Waals surface area (Å²) in [7, 11) is 0. The first-order valence-electron chi connectivity index (χ1n) is 3.84. The summed E-state index contributed by atoms with van der Waals surface area (Å²) >= 11 is 0. The van der Waals surface area contributed by atoms with Gasteiger partial charge in [0.25, 0.3) is 0 Å². The average Bonchev–Trinajstić information content (AvgIpc) is 2.13. The molecule has 4 atom stereocenters. The van der Waals surface area contributed by atoms with Crippen LogP contribution in [0.5, 0.6) is 0 Å². The van der Waals surface area contributed by atoms with Crippen LogP contribution in [-0.2, 0) is 0 Å². The zero-order chi connectivity index (χ0) is 5.35. The molecule has 0 aromatic carbocycles. The molecule has 0 heterocycles. The van der Waals surface area contributed by atoms with E-state index in [4.69, 9.17) is 0 Å². The second-order valence-electron chi connectivity index (χ2n) is 4.03. The first-order valence-corrected chi connectivity index (χ1v) is 3.84. The average molecular weight is 108 g/mol. The minimum absolute atomic E-state index is 0.963. The summed E-state index contributed by atoms with van der Waals surface area (Å²) in [6.07, 6.45) is 4.77. The molecule has 1 spiro atoms. The van der Waals surface area contributed by atoms with Gasteiger partial charge in [0.15, 0.2) is 0 Å². The van der Waals surface area contributed by atoms with E-state index >= 15 is 0 Å². The molecule has 0 aromatic rings. The van der Waals surface area contributed by atoms with Crippen LogP contribution >= 0.6 is 0 Å². The quantitative estimate of drug-likeness (QED) is 0.445. The monoisotopic (exact) mass is 108 g/mol. The summed E-state index contributed by atoms with van der Waals surface area (Å²) in [6.45, 7) is 2.46. The fourth-order valence-corrected chi connectivity index (χ4v) is 3.51. The minimum atomic E-state index is 0.963. The van der Waals surface area contributed by atoms with Gasteiger partial charge >= 0.3 is 0 Å². The highest BCUT2D eigenvalue weighted by Gasteiger charge is 2.75. The predicted molar refractivity (Wildman–Crippen MR) is 32.4 cm³/mol. The van der Waals surface area contributed by atoms with Gasteiger partial charge in [-0.1, -0.05) is 6.92 Å². The van der Waals surface area contributed by atoms with Crippen molar-refractivity contribution in [2.75, 3.05) is 0 Å². The summed E-state index contributed by atoms with van der Waals surface area (Å²) in [5, 5.41) is 0. The Labute approximate surface area is 50.3 Å². The summed E-state index contributed by atoms with van der Waals surface area (Å²) in [5.41, 5.74) is 0.963. The Kier molecular flexibility index (Phi) is 0.381. The molecule has 4 unspecified atom stereocenters. The smallest absolute Gasteiger partial charge is 0.0235 e. The van der Waals surface area contributed by atoms with Gasteiger partial charge in [0.05, 0.1) is 0 Å². The molecule has 0 aliphatic heterocycles. The third kappa shape index (κ3) is 0.178. The van der Waals surface area contributed by atoms with Crippen LogP contribution in [0.15, 0.2) is 0 Å². The highest BCUT2D eigenvalue weighted by molar-refractivity contribution is 5.23. The Morgan fingerprint density at radius 3 is 2.50 bits per heavy atom. The molecule has 4 aliphatic rings. The van der Waals surface area contributed by atoms with Gasteiger partial charge in [0.1, 0.15) is 0 Å². The highest BCUT2D eigenvalue weighted by atomic mass is 14.8. The molecular weight excluding hydrogens is 96.1 g/mol. The molecule has 0 aromatic heterocycles. The molecule has 44 valence electrons.